The number of likely N-dealkylation sites (tertiary alicyclic amines) is 1. The maximum Gasteiger partial charge on any atom is 0.273 e. The van der Waals surface area contributed by atoms with Crippen LogP contribution >= 0.6 is 23.7 Å². The van der Waals surface area contributed by atoms with Crippen LogP contribution in [0.1, 0.15) is 35.8 Å². The summed E-state index contributed by atoms with van der Waals surface area (Å²) in [5.41, 5.74) is 6.06. The number of thiazole rings is 1. The Kier molecular flexibility index (Phi) is 5.56. The second kappa shape index (κ2) is 6.50. The highest BCUT2D eigenvalue weighted by molar-refractivity contribution is 7.09. The summed E-state index contributed by atoms with van der Waals surface area (Å²) >= 11 is 1.46. The van der Waals surface area contributed by atoms with Crippen molar-refractivity contribution < 1.29 is 4.79 Å². The van der Waals surface area contributed by atoms with E-state index in [0.717, 1.165) is 18.1 Å². The van der Waals surface area contributed by atoms with Crippen molar-refractivity contribution in [2.75, 3.05) is 13.1 Å². The number of aromatic nitrogens is 1. The molecule has 102 valence electrons. The molecule has 6 heteroatoms. The topological polar surface area (TPSA) is 59.2 Å². The summed E-state index contributed by atoms with van der Waals surface area (Å²) in [6, 6.07) is 0. The number of carbonyl (C=O) groups is 1. The zero-order valence-electron chi connectivity index (χ0n) is 10.8. The van der Waals surface area contributed by atoms with Crippen LogP contribution in [0.5, 0.6) is 0 Å². The quantitative estimate of drug-likeness (QED) is 0.907. The fourth-order valence-corrected chi connectivity index (χ4v) is 3.14. The van der Waals surface area contributed by atoms with E-state index in [-0.39, 0.29) is 18.3 Å². The van der Waals surface area contributed by atoms with Crippen molar-refractivity contribution in [2.24, 2.45) is 17.6 Å². The van der Waals surface area contributed by atoms with Crippen molar-refractivity contribution in [1.29, 1.82) is 0 Å². The largest absolute Gasteiger partial charge is 0.337 e. The highest BCUT2D eigenvalue weighted by atomic mass is 35.5. The van der Waals surface area contributed by atoms with Gasteiger partial charge in [-0.25, -0.2) is 4.98 Å². The van der Waals surface area contributed by atoms with E-state index in [1.54, 1.807) is 0 Å². The number of hydrogen-bond donors (Lipinski definition) is 1. The molecule has 1 amide bonds. The molecule has 0 aliphatic carbocycles. The van der Waals surface area contributed by atoms with Crippen molar-refractivity contribution in [2.45, 2.75) is 26.8 Å². The Morgan fingerprint density at radius 3 is 2.61 bits per heavy atom. The van der Waals surface area contributed by atoms with Crippen LogP contribution in [0.15, 0.2) is 5.38 Å². The molecule has 4 nitrogen and oxygen atoms in total. The van der Waals surface area contributed by atoms with Gasteiger partial charge >= 0.3 is 0 Å². The number of amides is 1. The Bertz CT molecular complexity index is 400. The predicted molar refractivity (Wildman–Crippen MR) is 76.1 cm³/mol. The van der Waals surface area contributed by atoms with Crippen molar-refractivity contribution in [3.63, 3.8) is 0 Å². The lowest BCUT2D eigenvalue weighted by molar-refractivity contribution is 0.0618. The van der Waals surface area contributed by atoms with Crippen LogP contribution in [-0.4, -0.2) is 28.9 Å². The molecule has 1 aliphatic heterocycles. The van der Waals surface area contributed by atoms with Gasteiger partial charge in [-0.15, -0.1) is 23.7 Å². The molecule has 2 rings (SSSR count). The molecule has 0 bridgehead atoms. The smallest absolute Gasteiger partial charge is 0.273 e. The number of rotatable bonds is 2. The number of carbonyl (C=O) groups excluding carboxylic acids is 1. The zero-order valence-corrected chi connectivity index (χ0v) is 12.4. The average molecular weight is 290 g/mol. The summed E-state index contributed by atoms with van der Waals surface area (Å²) < 4.78 is 0. The molecule has 1 aliphatic rings. The fraction of sp³-hybridized carbons (Fsp3) is 0.667. The molecule has 0 radical (unpaired) electrons. The number of hydrogen-bond acceptors (Lipinski definition) is 4. The monoisotopic (exact) mass is 289 g/mol. The van der Waals surface area contributed by atoms with Crippen LogP contribution in [0, 0.1) is 11.8 Å². The van der Waals surface area contributed by atoms with Crippen LogP contribution in [0.3, 0.4) is 0 Å². The molecule has 1 saturated heterocycles. The zero-order chi connectivity index (χ0) is 12.4. The molecule has 2 unspecified atom stereocenters. The van der Waals surface area contributed by atoms with E-state index in [4.69, 9.17) is 5.73 Å². The third-order valence-electron chi connectivity index (χ3n) is 3.10. The Labute approximate surface area is 118 Å². The van der Waals surface area contributed by atoms with Gasteiger partial charge in [0.05, 0.1) is 0 Å². The lowest BCUT2D eigenvalue weighted by atomic mass is 9.92. The minimum absolute atomic E-state index is 0. The molecule has 2 atom stereocenters. The maximum absolute atomic E-state index is 12.2. The highest BCUT2D eigenvalue weighted by Gasteiger charge is 2.27. The van der Waals surface area contributed by atoms with E-state index < -0.39 is 0 Å². The van der Waals surface area contributed by atoms with Crippen LogP contribution in [0.25, 0.3) is 0 Å². The molecule has 0 spiro atoms. The molecule has 1 fully saturated rings. The summed E-state index contributed by atoms with van der Waals surface area (Å²) in [7, 11) is 0. The molecule has 0 saturated carbocycles. The molecular weight excluding hydrogens is 270 g/mol. The Morgan fingerprint density at radius 1 is 1.50 bits per heavy atom. The molecule has 2 N–H and O–H groups in total. The van der Waals surface area contributed by atoms with Crippen molar-refractivity contribution >= 4 is 29.7 Å². The van der Waals surface area contributed by atoms with E-state index in [9.17, 15) is 4.79 Å². The van der Waals surface area contributed by atoms with E-state index in [1.165, 1.54) is 17.8 Å². The molecule has 0 aromatic carbocycles. The standard InChI is InChI=1S/C12H19N3OS.ClH/c1-8-3-9(2)6-15(5-8)12(16)10-7-17-11(4-13)14-10;/h7-9H,3-6,13H2,1-2H3;1H. The first-order chi connectivity index (χ1) is 8.10. The van der Waals surface area contributed by atoms with Crippen molar-refractivity contribution in [3.05, 3.63) is 16.1 Å². The summed E-state index contributed by atoms with van der Waals surface area (Å²) in [5, 5.41) is 2.64. The van der Waals surface area contributed by atoms with Crippen LogP contribution < -0.4 is 5.73 Å². The van der Waals surface area contributed by atoms with E-state index in [0.29, 0.717) is 24.1 Å². The highest BCUT2D eigenvalue weighted by Crippen LogP contribution is 2.22. The summed E-state index contributed by atoms with van der Waals surface area (Å²) in [6.45, 7) is 6.49. The average Bonchev–Trinajstić information content (AvgIpc) is 2.75. The molecule has 18 heavy (non-hydrogen) atoms. The maximum atomic E-state index is 12.2. The first-order valence-corrected chi connectivity index (χ1v) is 6.92. The van der Waals surface area contributed by atoms with Gasteiger partial charge in [0.15, 0.2) is 0 Å². The molecular formula is C12H20ClN3OS. The summed E-state index contributed by atoms with van der Waals surface area (Å²) in [4.78, 5) is 18.4. The van der Waals surface area contributed by atoms with Gasteiger partial charge in [0.1, 0.15) is 10.7 Å². The number of piperidine rings is 1. The van der Waals surface area contributed by atoms with Crippen molar-refractivity contribution in [1.82, 2.24) is 9.88 Å². The van der Waals surface area contributed by atoms with Crippen LogP contribution in [-0.2, 0) is 6.54 Å². The first kappa shape index (κ1) is 15.4. The normalized spacial score (nSPS) is 23.6. The van der Waals surface area contributed by atoms with E-state index in [2.05, 4.69) is 18.8 Å². The first-order valence-electron chi connectivity index (χ1n) is 6.04. The molecule has 1 aromatic heterocycles. The minimum Gasteiger partial charge on any atom is -0.337 e. The second-order valence-electron chi connectivity index (χ2n) is 4.99. The van der Waals surface area contributed by atoms with Gasteiger partial charge in [-0.1, -0.05) is 13.8 Å². The third kappa shape index (κ3) is 3.43. The third-order valence-corrected chi connectivity index (χ3v) is 3.97. The van der Waals surface area contributed by atoms with Gasteiger partial charge in [-0.2, -0.15) is 0 Å². The lowest BCUT2D eigenvalue weighted by Crippen LogP contribution is -2.42. The van der Waals surface area contributed by atoms with Crippen molar-refractivity contribution in [3.8, 4) is 0 Å². The van der Waals surface area contributed by atoms with Gasteiger partial charge in [-0.3, -0.25) is 4.79 Å². The number of halogens is 1. The number of nitrogens with zero attached hydrogens (tertiary/aromatic N) is 2. The summed E-state index contributed by atoms with van der Waals surface area (Å²) in [5.74, 6) is 1.21. The molecule has 1 aromatic rings. The Morgan fingerprint density at radius 2 is 2.11 bits per heavy atom. The lowest BCUT2D eigenvalue weighted by Gasteiger charge is -2.34. The fourth-order valence-electron chi connectivity index (χ4n) is 2.49. The van der Waals surface area contributed by atoms with Gasteiger partial charge in [-0.05, 0) is 18.3 Å². The van der Waals surface area contributed by atoms with Gasteiger partial charge in [0.2, 0.25) is 0 Å². The Balaban J connectivity index is 0.00000162. The van der Waals surface area contributed by atoms with Gasteiger partial charge in [0.25, 0.3) is 5.91 Å². The SMILES string of the molecule is CC1CC(C)CN(C(=O)c2csc(CN)n2)C1.Cl. The van der Waals surface area contributed by atoms with Gasteiger partial charge < -0.3 is 10.6 Å². The van der Waals surface area contributed by atoms with E-state index in [1.807, 2.05) is 10.3 Å². The van der Waals surface area contributed by atoms with Crippen LogP contribution in [0.4, 0.5) is 0 Å². The van der Waals surface area contributed by atoms with Gasteiger partial charge in [0, 0.05) is 25.0 Å². The number of nitrogens with two attached hydrogens (primary N) is 1. The predicted octanol–water partition coefficient (Wildman–Crippen LogP) is 2.14. The summed E-state index contributed by atoms with van der Waals surface area (Å²) in [6.07, 6.45) is 1.20. The van der Waals surface area contributed by atoms with Crippen LogP contribution in [0.2, 0.25) is 0 Å². The second-order valence-corrected chi connectivity index (χ2v) is 5.93. The minimum atomic E-state index is 0. The Hall–Kier alpha value is -0.650. The van der Waals surface area contributed by atoms with E-state index >= 15 is 0 Å². The molecule has 2 heterocycles.